The van der Waals surface area contributed by atoms with Gasteiger partial charge in [-0.1, -0.05) is 318 Å². The molecule has 0 bridgehead atoms. The maximum absolute atomic E-state index is 13.0. The number of unbranched alkanes of at least 4 members (excludes halogenated alkanes) is 40. The first-order valence-corrected chi connectivity index (χ1v) is 35.8. The summed E-state index contributed by atoms with van der Waals surface area (Å²) < 4.78 is 23.7. The largest absolute Gasteiger partial charge is 0.472 e. The quantitative estimate of drug-likeness (QED) is 0.0243. The number of allylic oxidation sites excluding steroid dienone is 11. The molecule has 3 N–H and O–H groups in total. The van der Waals surface area contributed by atoms with Crippen molar-refractivity contribution in [2.45, 2.75) is 334 Å². The third-order valence-corrected chi connectivity index (χ3v) is 16.4. The van der Waals surface area contributed by atoms with Crippen LogP contribution in [0.25, 0.3) is 0 Å². The van der Waals surface area contributed by atoms with E-state index in [1.807, 2.05) is 27.2 Å². The Labute approximate surface area is 497 Å². The molecule has 0 aromatic rings. The molecule has 0 radical (unpaired) electrons. The van der Waals surface area contributed by atoms with Gasteiger partial charge >= 0.3 is 7.82 Å². The second kappa shape index (κ2) is 61.5. The van der Waals surface area contributed by atoms with Gasteiger partial charge in [0, 0.05) is 6.42 Å². The number of nitrogens with one attached hydrogen (secondary N) is 1. The van der Waals surface area contributed by atoms with Crippen LogP contribution in [0.4, 0.5) is 0 Å². The lowest BCUT2D eigenvalue weighted by molar-refractivity contribution is -0.870. The third-order valence-electron chi connectivity index (χ3n) is 15.4. The Balaban J connectivity index is 3.91. The van der Waals surface area contributed by atoms with Crippen LogP contribution >= 0.6 is 7.82 Å². The van der Waals surface area contributed by atoms with Gasteiger partial charge in [-0.15, -0.1) is 0 Å². The number of hydrogen-bond donors (Lipinski definition) is 3. The van der Waals surface area contributed by atoms with Crippen LogP contribution in [0.3, 0.4) is 0 Å². The van der Waals surface area contributed by atoms with E-state index in [1.54, 1.807) is 6.08 Å². The highest BCUT2D eigenvalue weighted by atomic mass is 31.2. The predicted molar refractivity (Wildman–Crippen MR) is 350 cm³/mol. The van der Waals surface area contributed by atoms with Gasteiger partial charge in [-0.2, -0.15) is 0 Å². The molecule has 3 unspecified atom stereocenters. The second-order valence-electron chi connectivity index (χ2n) is 24.5. The number of amides is 1. The Morgan fingerprint density at radius 2 is 0.762 bits per heavy atom. The van der Waals surface area contributed by atoms with Gasteiger partial charge in [-0.25, -0.2) is 4.57 Å². The van der Waals surface area contributed by atoms with Crippen molar-refractivity contribution < 1.29 is 32.9 Å². The van der Waals surface area contributed by atoms with Crippen molar-refractivity contribution in [1.82, 2.24) is 5.32 Å². The Kier molecular flexibility index (Phi) is 59.9. The van der Waals surface area contributed by atoms with Crippen LogP contribution in [0, 0.1) is 0 Å². The standard InChI is InChI=1S/C71H133N2O6P/c1-6-8-10-12-14-16-18-20-22-24-25-26-27-28-29-30-31-32-33-34-35-36-37-38-39-40-41-42-43-44-45-46-47-49-51-53-55-57-59-61-63-65-71(75)72-69(68-79-80(76,77)78-67-66-73(3,4)5)70(74)64-62-60-58-56-54-52-50-48-23-21-19-17-15-13-11-9-7-2/h8,10,14,16,20,22,25-26,54,56,62,64,69-70,74H,6-7,9,11-13,15,17-19,21,23-24,27-53,55,57-61,63,65-68H2,1-5H3,(H-,72,75,76,77)/p+1/b10-8-,16-14-,22-20-,26-25-,56-54+,64-62+. The molecule has 0 rings (SSSR count). The number of rotatable bonds is 63. The monoisotopic (exact) mass is 1140 g/mol. The van der Waals surface area contributed by atoms with E-state index in [9.17, 15) is 19.4 Å². The molecule has 0 fully saturated rings. The summed E-state index contributed by atoms with van der Waals surface area (Å²) >= 11 is 0. The zero-order valence-electron chi connectivity index (χ0n) is 53.6. The van der Waals surface area contributed by atoms with Gasteiger partial charge in [-0.05, 0) is 70.6 Å². The minimum Gasteiger partial charge on any atom is -0.387 e. The van der Waals surface area contributed by atoms with E-state index >= 15 is 0 Å². The number of phosphoric acid groups is 1. The van der Waals surface area contributed by atoms with Gasteiger partial charge in [0.15, 0.2) is 0 Å². The van der Waals surface area contributed by atoms with E-state index in [0.29, 0.717) is 17.4 Å². The smallest absolute Gasteiger partial charge is 0.387 e. The third kappa shape index (κ3) is 63.5. The maximum Gasteiger partial charge on any atom is 0.472 e. The lowest BCUT2D eigenvalue weighted by atomic mass is 10.0. The molecular weight excluding hydrogens is 1010 g/mol. The number of aliphatic hydroxyl groups excluding tert-OH is 1. The van der Waals surface area contributed by atoms with Crippen LogP contribution < -0.4 is 5.32 Å². The lowest BCUT2D eigenvalue weighted by Crippen LogP contribution is -2.45. The van der Waals surface area contributed by atoms with Crippen LogP contribution in [0.1, 0.15) is 322 Å². The molecular formula is C71H134N2O6P+. The van der Waals surface area contributed by atoms with Crippen molar-refractivity contribution in [1.29, 1.82) is 0 Å². The number of carbonyl (C=O) groups excluding carboxylic acids is 1. The molecule has 3 atom stereocenters. The Morgan fingerprint density at radius 3 is 1.15 bits per heavy atom. The average Bonchev–Trinajstić information content (AvgIpc) is 3.42. The molecule has 1 amide bonds. The molecule has 8 nitrogen and oxygen atoms in total. The van der Waals surface area contributed by atoms with E-state index in [-0.39, 0.29) is 19.1 Å². The number of hydrogen-bond acceptors (Lipinski definition) is 5. The Bertz CT molecular complexity index is 1530. The number of aliphatic hydroxyl groups is 1. The van der Waals surface area contributed by atoms with Gasteiger partial charge in [0.1, 0.15) is 13.2 Å². The molecule has 0 aliphatic carbocycles. The van der Waals surface area contributed by atoms with Crippen molar-refractivity contribution in [2.24, 2.45) is 0 Å². The van der Waals surface area contributed by atoms with Crippen molar-refractivity contribution >= 4 is 13.7 Å². The molecule has 0 aliphatic rings. The maximum atomic E-state index is 13.0. The number of nitrogens with zero attached hydrogens (tertiary/aromatic N) is 1. The zero-order valence-corrected chi connectivity index (χ0v) is 54.5. The van der Waals surface area contributed by atoms with Crippen molar-refractivity contribution in [3.8, 4) is 0 Å². The number of quaternary nitrogens is 1. The predicted octanol–water partition coefficient (Wildman–Crippen LogP) is 21.8. The molecule has 0 aromatic carbocycles. The molecule has 0 heterocycles. The molecule has 0 saturated heterocycles. The summed E-state index contributed by atoms with van der Waals surface area (Å²) in [6, 6.07) is -0.863. The van der Waals surface area contributed by atoms with Crippen LogP contribution in [0.15, 0.2) is 72.9 Å². The molecule has 0 saturated carbocycles. The normalized spacial score (nSPS) is 14.1. The number of phosphoric ester groups is 1. The van der Waals surface area contributed by atoms with E-state index in [2.05, 4.69) is 79.9 Å². The summed E-state index contributed by atoms with van der Waals surface area (Å²) in [5, 5.41) is 13.9. The first kappa shape index (κ1) is 77.9. The highest BCUT2D eigenvalue weighted by Crippen LogP contribution is 2.43. The van der Waals surface area contributed by atoms with E-state index in [0.717, 1.165) is 64.2 Å². The minimum atomic E-state index is -4.36. The molecule has 0 aliphatic heterocycles. The van der Waals surface area contributed by atoms with Gasteiger partial charge in [-0.3, -0.25) is 13.8 Å². The highest BCUT2D eigenvalue weighted by Gasteiger charge is 2.28. The van der Waals surface area contributed by atoms with Crippen molar-refractivity contribution in [3.63, 3.8) is 0 Å². The summed E-state index contributed by atoms with van der Waals surface area (Å²) in [7, 11) is 1.56. The second-order valence-corrected chi connectivity index (χ2v) is 26.0. The topological polar surface area (TPSA) is 105 Å². The van der Waals surface area contributed by atoms with Gasteiger partial charge in [0.25, 0.3) is 0 Å². The fraction of sp³-hybridized carbons (Fsp3) is 0.817. The Morgan fingerprint density at radius 1 is 0.438 bits per heavy atom. The summed E-state index contributed by atoms with van der Waals surface area (Å²) in [6.07, 6.45) is 86.4. The summed E-state index contributed by atoms with van der Waals surface area (Å²) in [4.78, 5) is 23.4. The molecule has 468 valence electrons. The average molecular weight is 1140 g/mol. The number of likely N-dealkylation sites (N-methyl/N-ethyl adjacent to an activating group) is 1. The van der Waals surface area contributed by atoms with Gasteiger partial charge in [0.2, 0.25) is 5.91 Å². The molecule has 9 heteroatoms. The first-order chi connectivity index (χ1) is 39.0. The van der Waals surface area contributed by atoms with Gasteiger partial charge in [0.05, 0.1) is 39.9 Å². The van der Waals surface area contributed by atoms with Crippen LogP contribution in [-0.2, 0) is 18.4 Å². The summed E-state index contributed by atoms with van der Waals surface area (Å²) in [5.74, 6) is -0.182. The van der Waals surface area contributed by atoms with Gasteiger partial charge < -0.3 is 19.8 Å². The van der Waals surface area contributed by atoms with E-state index in [1.165, 1.54) is 238 Å². The lowest BCUT2D eigenvalue weighted by Gasteiger charge is -2.25. The fourth-order valence-corrected chi connectivity index (χ4v) is 10.8. The molecule has 0 spiro atoms. The Hall–Kier alpha value is -2.06. The van der Waals surface area contributed by atoms with E-state index in [4.69, 9.17) is 9.05 Å². The fourth-order valence-electron chi connectivity index (χ4n) is 10.1. The zero-order chi connectivity index (χ0) is 58.4. The molecule has 0 aromatic heterocycles. The minimum absolute atomic E-state index is 0.0568. The molecule has 80 heavy (non-hydrogen) atoms. The number of carbonyl (C=O) groups is 1. The van der Waals surface area contributed by atoms with E-state index < -0.39 is 20.0 Å². The van der Waals surface area contributed by atoms with Crippen molar-refractivity contribution in [3.05, 3.63) is 72.9 Å². The first-order valence-electron chi connectivity index (χ1n) is 34.3. The highest BCUT2D eigenvalue weighted by molar-refractivity contribution is 7.47. The van der Waals surface area contributed by atoms with Crippen molar-refractivity contribution in [2.75, 3.05) is 40.9 Å². The summed E-state index contributed by atoms with van der Waals surface area (Å²) in [5.41, 5.74) is 0. The van der Waals surface area contributed by atoms with Crippen LogP contribution in [0.2, 0.25) is 0 Å². The van der Waals surface area contributed by atoms with Crippen LogP contribution in [-0.4, -0.2) is 73.4 Å². The summed E-state index contributed by atoms with van der Waals surface area (Å²) in [6.45, 7) is 4.71. The van der Waals surface area contributed by atoms with Crippen LogP contribution in [0.5, 0.6) is 0 Å². The SMILES string of the molecule is CC/C=C\C/C=C\C/C=C\C/C=C\CCCCCCCCCCCCCCCCCCCCCCCCCCCCCCC(=O)NC(COP(=O)(O)OCC[N+](C)(C)C)C(O)/C=C/CC/C=C/CCCCCCCCCCCCC.